The molecule has 92 valence electrons. The molecule has 3 heteroatoms. The highest BCUT2D eigenvalue weighted by atomic mass is 35.5. The third kappa shape index (κ3) is 1.66. The summed E-state index contributed by atoms with van der Waals surface area (Å²) in [7, 11) is 0. The molecule has 3 rings (SSSR count). The van der Waals surface area contributed by atoms with Crippen molar-refractivity contribution in [2.75, 3.05) is 0 Å². The number of fused-ring (bicyclic) bond motifs is 1. The second-order valence-corrected chi connectivity index (χ2v) is 5.82. The molecule has 1 fully saturated rings. The van der Waals surface area contributed by atoms with E-state index in [9.17, 15) is 5.11 Å². The van der Waals surface area contributed by atoms with Crippen LogP contribution >= 0.6 is 11.6 Å². The topological polar surface area (TPSA) is 46.2 Å². The Bertz CT molecular complexity index is 464. The normalized spacial score (nSPS) is 21.8. The Hall–Kier alpha value is -0.730. The van der Waals surface area contributed by atoms with E-state index in [1.807, 2.05) is 0 Å². The Labute approximate surface area is 107 Å². The standard InChI is InChI=1S/C14H18ClNO/c15-12-10-5-3-4-9(10)8-11(13(12)17)14(16)6-1-2-7-14/h8,17H,1-7,16H2. The Morgan fingerprint density at radius 1 is 1.18 bits per heavy atom. The molecule has 2 nitrogen and oxygen atoms in total. The molecule has 2 aliphatic carbocycles. The average molecular weight is 252 g/mol. The van der Waals surface area contributed by atoms with Crippen LogP contribution in [-0.4, -0.2) is 5.11 Å². The molecule has 17 heavy (non-hydrogen) atoms. The predicted molar refractivity (Wildman–Crippen MR) is 69.5 cm³/mol. The van der Waals surface area contributed by atoms with E-state index in [-0.39, 0.29) is 11.3 Å². The molecule has 0 saturated heterocycles. The first-order valence-corrected chi connectivity index (χ1v) is 6.82. The van der Waals surface area contributed by atoms with Crippen LogP contribution in [0.1, 0.15) is 48.8 Å². The van der Waals surface area contributed by atoms with Gasteiger partial charge in [0.1, 0.15) is 5.75 Å². The molecule has 2 aliphatic rings. The van der Waals surface area contributed by atoms with Gasteiger partial charge in [0.15, 0.2) is 0 Å². The van der Waals surface area contributed by atoms with Crippen LogP contribution in [0.25, 0.3) is 0 Å². The lowest BCUT2D eigenvalue weighted by Crippen LogP contribution is -2.33. The summed E-state index contributed by atoms with van der Waals surface area (Å²) in [6.07, 6.45) is 7.38. The highest BCUT2D eigenvalue weighted by molar-refractivity contribution is 6.33. The van der Waals surface area contributed by atoms with Crippen molar-refractivity contribution in [2.45, 2.75) is 50.5 Å². The first-order chi connectivity index (χ1) is 8.12. The maximum absolute atomic E-state index is 10.3. The third-order valence-electron chi connectivity index (χ3n) is 4.34. The van der Waals surface area contributed by atoms with E-state index in [2.05, 4.69) is 6.07 Å². The fourth-order valence-electron chi connectivity index (χ4n) is 3.34. The summed E-state index contributed by atoms with van der Waals surface area (Å²) in [5.74, 6) is 0.233. The van der Waals surface area contributed by atoms with E-state index < -0.39 is 0 Å². The number of phenols is 1. The van der Waals surface area contributed by atoms with Gasteiger partial charge in [-0.25, -0.2) is 0 Å². The van der Waals surface area contributed by atoms with Gasteiger partial charge in [-0.2, -0.15) is 0 Å². The molecule has 0 unspecified atom stereocenters. The molecule has 1 saturated carbocycles. The maximum Gasteiger partial charge on any atom is 0.139 e. The van der Waals surface area contributed by atoms with Crippen molar-refractivity contribution in [3.63, 3.8) is 0 Å². The number of rotatable bonds is 1. The van der Waals surface area contributed by atoms with Gasteiger partial charge in [0.25, 0.3) is 0 Å². The summed E-state index contributed by atoms with van der Waals surface area (Å²) in [4.78, 5) is 0. The zero-order valence-corrected chi connectivity index (χ0v) is 10.7. The van der Waals surface area contributed by atoms with Crippen LogP contribution in [0.5, 0.6) is 5.75 Å². The molecule has 0 heterocycles. The van der Waals surface area contributed by atoms with Crippen molar-refractivity contribution in [2.24, 2.45) is 5.73 Å². The smallest absolute Gasteiger partial charge is 0.139 e. The average Bonchev–Trinajstić information content (AvgIpc) is 2.92. The van der Waals surface area contributed by atoms with E-state index in [0.29, 0.717) is 5.02 Å². The van der Waals surface area contributed by atoms with Gasteiger partial charge >= 0.3 is 0 Å². The van der Waals surface area contributed by atoms with E-state index >= 15 is 0 Å². The van der Waals surface area contributed by atoms with Crippen LogP contribution in [0.2, 0.25) is 5.02 Å². The second-order valence-electron chi connectivity index (χ2n) is 5.44. The van der Waals surface area contributed by atoms with Gasteiger partial charge in [-0.05, 0) is 49.3 Å². The lowest BCUT2D eigenvalue weighted by atomic mass is 9.86. The summed E-state index contributed by atoms with van der Waals surface area (Å²) in [5.41, 5.74) is 9.37. The van der Waals surface area contributed by atoms with E-state index in [0.717, 1.165) is 56.1 Å². The molecule has 3 N–H and O–H groups in total. The maximum atomic E-state index is 10.3. The third-order valence-corrected chi connectivity index (χ3v) is 4.75. The van der Waals surface area contributed by atoms with E-state index in [1.54, 1.807) is 0 Å². The highest BCUT2D eigenvalue weighted by Gasteiger charge is 2.35. The Balaban J connectivity index is 2.14. The van der Waals surface area contributed by atoms with E-state index in [1.165, 1.54) is 5.56 Å². The molecule has 0 amide bonds. The number of halogens is 1. The summed E-state index contributed by atoms with van der Waals surface area (Å²) in [6, 6.07) is 2.11. The Morgan fingerprint density at radius 2 is 1.88 bits per heavy atom. The minimum Gasteiger partial charge on any atom is -0.506 e. The van der Waals surface area contributed by atoms with Gasteiger partial charge in [-0.1, -0.05) is 24.4 Å². The van der Waals surface area contributed by atoms with Crippen LogP contribution in [0.3, 0.4) is 0 Å². The molecule has 0 aromatic heterocycles. The first kappa shape index (κ1) is 11.4. The summed E-state index contributed by atoms with van der Waals surface area (Å²) in [6.45, 7) is 0. The second kappa shape index (κ2) is 3.89. The largest absolute Gasteiger partial charge is 0.506 e. The Morgan fingerprint density at radius 3 is 2.59 bits per heavy atom. The first-order valence-electron chi connectivity index (χ1n) is 6.44. The number of benzene rings is 1. The van der Waals surface area contributed by atoms with Gasteiger partial charge in [-0.15, -0.1) is 0 Å². The van der Waals surface area contributed by atoms with Crippen molar-refractivity contribution in [1.82, 2.24) is 0 Å². The highest BCUT2D eigenvalue weighted by Crippen LogP contribution is 2.46. The van der Waals surface area contributed by atoms with Gasteiger partial charge < -0.3 is 10.8 Å². The monoisotopic (exact) mass is 251 g/mol. The van der Waals surface area contributed by atoms with Crippen molar-refractivity contribution in [3.8, 4) is 5.75 Å². The molecule has 0 aliphatic heterocycles. The number of phenolic OH excluding ortho intramolecular Hbond substituents is 1. The molecule has 0 radical (unpaired) electrons. The van der Waals surface area contributed by atoms with E-state index in [4.69, 9.17) is 17.3 Å². The number of aromatic hydroxyl groups is 1. The van der Waals surface area contributed by atoms with Gasteiger partial charge in [0.2, 0.25) is 0 Å². The summed E-state index contributed by atoms with van der Waals surface area (Å²) < 4.78 is 0. The number of nitrogens with two attached hydrogens (primary N) is 1. The molecule has 0 bridgehead atoms. The molecule has 0 atom stereocenters. The minimum atomic E-state index is -0.356. The molecule has 1 aromatic carbocycles. The Kier molecular flexibility index (Phi) is 2.60. The molecule has 0 spiro atoms. The molecular formula is C14H18ClNO. The van der Waals surface area contributed by atoms with Crippen LogP contribution < -0.4 is 5.73 Å². The van der Waals surface area contributed by atoms with Gasteiger partial charge in [0.05, 0.1) is 5.02 Å². The summed E-state index contributed by atoms with van der Waals surface area (Å²) in [5, 5.41) is 10.8. The lowest BCUT2D eigenvalue weighted by molar-refractivity contribution is 0.409. The number of hydrogen-bond donors (Lipinski definition) is 2. The van der Waals surface area contributed by atoms with Crippen LogP contribution in [0.15, 0.2) is 6.07 Å². The van der Waals surface area contributed by atoms with Crippen LogP contribution in [-0.2, 0) is 18.4 Å². The number of aryl methyl sites for hydroxylation is 1. The summed E-state index contributed by atoms with van der Waals surface area (Å²) >= 11 is 6.28. The number of hydrogen-bond acceptors (Lipinski definition) is 2. The predicted octanol–water partition coefficient (Wildman–Crippen LogP) is 3.26. The zero-order valence-electron chi connectivity index (χ0n) is 9.93. The SMILES string of the molecule is NC1(c2cc3c(c(Cl)c2O)CCC3)CCCC1. The van der Waals surface area contributed by atoms with Crippen molar-refractivity contribution < 1.29 is 5.11 Å². The van der Waals surface area contributed by atoms with Crippen molar-refractivity contribution in [1.29, 1.82) is 0 Å². The quantitative estimate of drug-likeness (QED) is 0.805. The molecule has 1 aromatic rings. The van der Waals surface area contributed by atoms with Crippen molar-refractivity contribution >= 4 is 11.6 Å². The lowest BCUT2D eigenvalue weighted by Gasteiger charge is -2.26. The van der Waals surface area contributed by atoms with Gasteiger partial charge in [-0.3, -0.25) is 0 Å². The minimum absolute atomic E-state index is 0.233. The van der Waals surface area contributed by atoms with Crippen LogP contribution in [0, 0.1) is 0 Å². The van der Waals surface area contributed by atoms with Crippen LogP contribution in [0.4, 0.5) is 0 Å². The zero-order chi connectivity index (χ0) is 12.0. The van der Waals surface area contributed by atoms with Gasteiger partial charge in [0, 0.05) is 11.1 Å². The fourth-order valence-corrected chi connectivity index (χ4v) is 3.65. The van der Waals surface area contributed by atoms with Crippen molar-refractivity contribution in [3.05, 3.63) is 27.8 Å². The fraction of sp³-hybridized carbons (Fsp3) is 0.571. The molecular weight excluding hydrogens is 234 g/mol.